The van der Waals surface area contributed by atoms with Gasteiger partial charge in [0.1, 0.15) is 0 Å². The molecule has 0 radical (unpaired) electrons. The van der Waals surface area contributed by atoms with Gasteiger partial charge in [0.25, 0.3) is 0 Å². The van der Waals surface area contributed by atoms with Crippen LogP contribution in [0.5, 0.6) is 0 Å². The molecular weight excluding hydrogens is 214 g/mol. The van der Waals surface area contributed by atoms with E-state index in [0.717, 1.165) is 6.42 Å². The van der Waals surface area contributed by atoms with Gasteiger partial charge in [0.15, 0.2) is 9.84 Å². The summed E-state index contributed by atoms with van der Waals surface area (Å²) in [4.78, 5) is 0. The lowest BCUT2D eigenvalue weighted by Crippen LogP contribution is -2.64. The van der Waals surface area contributed by atoms with Crippen molar-refractivity contribution in [1.82, 2.24) is 5.32 Å². The smallest absolute Gasteiger partial charge is 0.152 e. The van der Waals surface area contributed by atoms with Crippen LogP contribution >= 0.6 is 0 Å². The predicted molar refractivity (Wildman–Crippen MR) is 58.6 cm³/mol. The standard InChI is InChI=1S/C10H19NO3S/c1-3-10(2)7-14-9-4-5-15(12,13)6-8(9)11-10/h8-9,11H,3-7H2,1-2H3. The average Bonchev–Trinajstić information content (AvgIpc) is 2.16. The summed E-state index contributed by atoms with van der Waals surface area (Å²) >= 11 is 0. The fraction of sp³-hybridized carbons (Fsp3) is 1.00. The second kappa shape index (κ2) is 3.71. The zero-order valence-corrected chi connectivity index (χ0v) is 10.1. The van der Waals surface area contributed by atoms with Crippen LogP contribution in [0.15, 0.2) is 0 Å². The number of rotatable bonds is 1. The summed E-state index contributed by atoms with van der Waals surface area (Å²) in [7, 11) is -2.85. The van der Waals surface area contributed by atoms with Crippen molar-refractivity contribution < 1.29 is 13.2 Å². The molecule has 0 saturated carbocycles. The molecule has 2 heterocycles. The van der Waals surface area contributed by atoms with Gasteiger partial charge in [0.05, 0.1) is 24.2 Å². The first kappa shape index (κ1) is 11.4. The first-order valence-corrected chi connectivity index (χ1v) is 7.36. The second-order valence-corrected chi connectivity index (χ2v) is 7.15. The van der Waals surface area contributed by atoms with E-state index >= 15 is 0 Å². The summed E-state index contributed by atoms with van der Waals surface area (Å²) in [5.41, 5.74) is -0.0615. The Bertz CT molecular complexity index is 341. The van der Waals surface area contributed by atoms with E-state index in [0.29, 0.717) is 13.0 Å². The van der Waals surface area contributed by atoms with Crippen LogP contribution in [0.4, 0.5) is 0 Å². The Balaban J connectivity index is 2.10. The molecule has 2 aliphatic heterocycles. The lowest BCUT2D eigenvalue weighted by Gasteiger charge is -2.45. The first-order chi connectivity index (χ1) is 6.94. The van der Waals surface area contributed by atoms with Crippen molar-refractivity contribution in [1.29, 1.82) is 0 Å². The van der Waals surface area contributed by atoms with E-state index in [1.807, 2.05) is 0 Å². The summed E-state index contributed by atoms with van der Waals surface area (Å²) in [5.74, 6) is 0.506. The van der Waals surface area contributed by atoms with Crippen LogP contribution in [-0.4, -0.2) is 44.2 Å². The molecule has 4 nitrogen and oxygen atoms in total. The van der Waals surface area contributed by atoms with Crippen molar-refractivity contribution in [2.75, 3.05) is 18.1 Å². The Morgan fingerprint density at radius 3 is 2.93 bits per heavy atom. The largest absolute Gasteiger partial charge is 0.375 e. The number of morpholine rings is 1. The molecule has 0 bridgehead atoms. The molecular formula is C10H19NO3S. The molecule has 88 valence electrons. The van der Waals surface area contributed by atoms with Crippen LogP contribution in [0.2, 0.25) is 0 Å². The molecule has 0 aromatic heterocycles. The predicted octanol–water partition coefficient (Wildman–Crippen LogP) is 0.331. The zero-order valence-electron chi connectivity index (χ0n) is 9.32. The number of fused-ring (bicyclic) bond motifs is 1. The Hall–Kier alpha value is -0.130. The summed E-state index contributed by atoms with van der Waals surface area (Å²) in [6.07, 6.45) is 1.68. The van der Waals surface area contributed by atoms with Gasteiger partial charge in [-0.05, 0) is 19.8 Å². The number of hydrogen-bond acceptors (Lipinski definition) is 4. The lowest BCUT2D eigenvalue weighted by molar-refractivity contribution is -0.0562. The van der Waals surface area contributed by atoms with Crippen molar-refractivity contribution in [2.24, 2.45) is 0 Å². The maximum absolute atomic E-state index is 11.5. The highest BCUT2D eigenvalue weighted by atomic mass is 32.2. The number of sulfone groups is 1. The molecule has 0 aromatic carbocycles. The van der Waals surface area contributed by atoms with E-state index < -0.39 is 9.84 Å². The van der Waals surface area contributed by atoms with Gasteiger partial charge in [-0.2, -0.15) is 0 Å². The lowest BCUT2D eigenvalue weighted by atomic mass is 9.94. The Morgan fingerprint density at radius 1 is 1.53 bits per heavy atom. The minimum absolute atomic E-state index is 0.0116. The third-order valence-corrected chi connectivity index (χ3v) is 5.25. The van der Waals surface area contributed by atoms with Gasteiger partial charge in [0.2, 0.25) is 0 Å². The molecule has 0 aliphatic carbocycles. The Morgan fingerprint density at radius 2 is 2.27 bits per heavy atom. The normalized spacial score (nSPS) is 44.7. The van der Waals surface area contributed by atoms with Gasteiger partial charge >= 0.3 is 0 Å². The highest BCUT2D eigenvalue weighted by molar-refractivity contribution is 7.91. The highest BCUT2D eigenvalue weighted by Crippen LogP contribution is 2.25. The third kappa shape index (κ3) is 2.34. The number of hydrogen-bond donors (Lipinski definition) is 1. The second-order valence-electron chi connectivity index (χ2n) is 4.92. The van der Waals surface area contributed by atoms with E-state index in [2.05, 4.69) is 19.2 Å². The number of ether oxygens (including phenoxy) is 1. The van der Waals surface area contributed by atoms with E-state index in [4.69, 9.17) is 4.74 Å². The maximum atomic E-state index is 11.5. The van der Waals surface area contributed by atoms with Crippen molar-refractivity contribution in [3.63, 3.8) is 0 Å². The van der Waals surface area contributed by atoms with Crippen molar-refractivity contribution in [3.05, 3.63) is 0 Å². The van der Waals surface area contributed by atoms with Crippen LogP contribution in [0, 0.1) is 0 Å². The summed E-state index contributed by atoms with van der Waals surface area (Å²) in [6, 6.07) is -0.0116. The van der Waals surface area contributed by atoms with E-state index in [1.54, 1.807) is 0 Å². The topological polar surface area (TPSA) is 55.4 Å². The first-order valence-electron chi connectivity index (χ1n) is 5.54. The SMILES string of the molecule is CCC1(C)COC2CCS(=O)(=O)CC2N1. The van der Waals surface area contributed by atoms with E-state index in [-0.39, 0.29) is 29.2 Å². The molecule has 1 N–H and O–H groups in total. The van der Waals surface area contributed by atoms with E-state index in [9.17, 15) is 8.42 Å². The van der Waals surface area contributed by atoms with Crippen molar-refractivity contribution >= 4 is 9.84 Å². The Kier molecular flexibility index (Phi) is 2.81. The molecule has 15 heavy (non-hydrogen) atoms. The quantitative estimate of drug-likeness (QED) is 0.709. The molecule has 5 heteroatoms. The molecule has 2 rings (SSSR count). The van der Waals surface area contributed by atoms with Crippen molar-refractivity contribution in [3.8, 4) is 0 Å². The molecule has 2 saturated heterocycles. The van der Waals surface area contributed by atoms with Crippen LogP contribution in [0.3, 0.4) is 0 Å². The summed E-state index contributed by atoms with van der Waals surface area (Å²) < 4.78 is 28.8. The zero-order chi connectivity index (χ0) is 11.1. The molecule has 0 spiro atoms. The summed E-state index contributed by atoms with van der Waals surface area (Å²) in [6.45, 7) is 4.86. The summed E-state index contributed by atoms with van der Waals surface area (Å²) in [5, 5.41) is 3.43. The monoisotopic (exact) mass is 233 g/mol. The Labute approximate surface area is 91.3 Å². The molecule has 3 unspecified atom stereocenters. The molecule has 3 atom stereocenters. The fourth-order valence-corrected chi connectivity index (χ4v) is 3.88. The average molecular weight is 233 g/mol. The van der Waals surface area contributed by atoms with Crippen LogP contribution < -0.4 is 5.32 Å². The van der Waals surface area contributed by atoms with Gasteiger partial charge in [-0.25, -0.2) is 8.42 Å². The molecule has 2 fully saturated rings. The maximum Gasteiger partial charge on any atom is 0.152 e. The minimum Gasteiger partial charge on any atom is -0.375 e. The molecule has 0 aromatic rings. The van der Waals surface area contributed by atoms with Gasteiger partial charge in [-0.15, -0.1) is 0 Å². The molecule has 0 amide bonds. The third-order valence-electron chi connectivity index (χ3n) is 3.53. The van der Waals surface area contributed by atoms with Crippen LogP contribution in [0.1, 0.15) is 26.7 Å². The van der Waals surface area contributed by atoms with Gasteiger partial charge in [-0.1, -0.05) is 6.92 Å². The number of nitrogens with one attached hydrogen (secondary N) is 1. The van der Waals surface area contributed by atoms with Gasteiger partial charge in [0, 0.05) is 11.6 Å². The van der Waals surface area contributed by atoms with Crippen LogP contribution in [-0.2, 0) is 14.6 Å². The van der Waals surface area contributed by atoms with Gasteiger partial charge in [-0.3, -0.25) is 0 Å². The molecule has 2 aliphatic rings. The highest BCUT2D eigenvalue weighted by Gasteiger charge is 2.41. The minimum atomic E-state index is -2.85. The fourth-order valence-electron chi connectivity index (χ4n) is 2.28. The van der Waals surface area contributed by atoms with Gasteiger partial charge < -0.3 is 10.1 Å². The van der Waals surface area contributed by atoms with Crippen molar-refractivity contribution in [2.45, 2.75) is 44.4 Å². The van der Waals surface area contributed by atoms with Crippen LogP contribution in [0.25, 0.3) is 0 Å². The van der Waals surface area contributed by atoms with E-state index in [1.165, 1.54) is 0 Å².